The fraction of sp³-hybridized carbons (Fsp3) is 0.250. The summed E-state index contributed by atoms with van der Waals surface area (Å²) >= 11 is 0. The number of benzene rings is 2. The molecule has 0 bridgehead atoms. The predicted octanol–water partition coefficient (Wildman–Crippen LogP) is 3.60. The molecule has 0 radical (unpaired) electrons. The van der Waals surface area contributed by atoms with Crippen molar-refractivity contribution in [2.75, 3.05) is 0 Å². The van der Waals surface area contributed by atoms with Crippen LogP contribution in [0.2, 0.25) is 0 Å². The SMILES string of the molecule is CCc1cc(-c2cc(O)ccc2O)c(CC)cc1O. The van der Waals surface area contributed by atoms with Crippen molar-refractivity contribution in [3.05, 3.63) is 41.5 Å². The minimum Gasteiger partial charge on any atom is -0.508 e. The van der Waals surface area contributed by atoms with Crippen LogP contribution in [0.1, 0.15) is 25.0 Å². The second kappa shape index (κ2) is 5.22. The van der Waals surface area contributed by atoms with Gasteiger partial charge in [0.1, 0.15) is 17.2 Å². The molecule has 100 valence electrons. The molecular weight excluding hydrogens is 240 g/mol. The normalized spacial score (nSPS) is 10.6. The van der Waals surface area contributed by atoms with Gasteiger partial charge in [-0.15, -0.1) is 0 Å². The largest absolute Gasteiger partial charge is 0.508 e. The van der Waals surface area contributed by atoms with Crippen molar-refractivity contribution in [3.63, 3.8) is 0 Å². The van der Waals surface area contributed by atoms with Crippen LogP contribution in [-0.2, 0) is 12.8 Å². The van der Waals surface area contributed by atoms with Crippen molar-refractivity contribution >= 4 is 0 Å². The van der Waals surface area contributed by atoms with Gasteiger partial charge in [-0.25, -0.2) is 0 Å². The van der Waals surface area contributed by atoms with E-state index in [0.29, 0.717) is 12.0 Å². The molecule has 0 atom stereocenters. The summed E-state index contributed by atoms with van der Waals surface area (Å²) in [7, 11) is 0. The molecule has 19 heavy (non-hydrogen) atoms. The number of phenols is 3. The van der Waals surface area contributed by atoms with Crippen LogP contribution < -0.4 is 0 Å². The maximum absolute atomic E-state index is 9.97. The van der Waals surface area contributed by atoms with Gasteiger partial charge in [0.15, 0.2) is 0 Å². The Kier molecular flexibility index (Phi) is 3.65. The lowest BCUT2D eigenvalue weighted by molar-refractivity contribution is 0.461. The minimum atomic E-state index is 0.112. The smallest absolute Gasteiger partial charge is 0.123 e. The average molecular weight is 258 g/mol. The van der Waals surface area contributed by atoms with E-state index in [9.17, 15) is 15.3 Å². The van der Waals surface area contributed by atoms with Crippen LogP contribution in [-0.4, -0.2) is 15.3 Å². The first-order valence-electron chi connectivity index (χ1n) is 6.43. The first-order valence-corrected chi connectivity index (χ1v) is 6.43. The van der Waals surface area contributed by atoms with E-state index >= 15 is 0 Å². The highest BCUT2D eigenvalue weighted by Gasteiger charge is 2.13. The van der Waals surface area contributed by atoms with Crippen LogP contribution in [0.5, 0.6) is 17.2 Å². The van der Waals surface area contributed by atoms with Crippen molar-refractivity contribution < 1.29 is 15.3 Å². The molecule has 2 aromatic rings. The van der Waals surface area contributed by atoms with Crippen molar-refractivity contribution in [1.82, 2.24) is 0 Å². The molecule has 0 aromatic heterocycles. The summed E-state index contributed by atoms with van der Waals surface area (Å²) in [6, 6.07) is 8.08. The number of phenolic OH excluding ortho intramolecular Hbond substituents is 3. The molecule has 0 heterocycles. The lowest BCUT2D eigenvalue weighted by atomic mass is 9.93. The number of hydrogen-bond donors (Lipinski definition) is 3. The Morgan fingerprint density at radius 3 is 2.05 bits per heavy atom. The van der Waals surface area contributed by atoms with Gasteiger partial charge in [0.2, 0.25) is 0 Å². The topological polar surface area (TPSA) is 60.7 Å². The molecule has 3 heteroatoms. The Hall–Kier alpha value is -2.16. The van der Waals surface area contributed by atoms with Crippen LogP contribution in [0, 0.1) is 0 Å². The summed E-state index contributed by atoms with van der Waals surface area (Å²) < 4.78 is 0. The second-order valence-electron chi connectivity index (χ2n) is 4.55. The maximum Gasteiger partial charge on any atom is 0.123 e. The minimum absolute atomic E-state index is 0.112. The zero-order valence-corrected chi connectivity index (χ0v) is 11.1. The molecule has 0 aliphatic heterocycles. The van der Waals surface area contributed by atoms with E-state index in [2.05, 4.69) is 0 Å². The predicted molar refractivity (Wildman–Crippen MR) is 75.6 cm³/mol. The molecule has 0 fully saturated rings. The maximum atomic E-state index is 9.97. The van der Waals surface area contributed by atoms with Crippen LogP contribution >= 0.6 is 0 Å². The van der Waals surface area contributed by atoms with Crippen LogP contribution in [0.15, 0.2) is 30.3 Å². The molecule has 0 aliphatic rings. The molecule has 0 aliphatic carbocycles. The molecule has 0 saturated carbocycles. The van der Waals surface area contributed by atoms with Gasteiger partial charge in [-0.3, -0.25) is 0 Å². The second-order valence-corrected chi connectivity index (χ2v) is 4.55. The number of aromatic hydroxyl groups is 3. The van der Waals surface area contributed by atoms with Gasteiger partial charge in [-0.05, 0) is 59.9 Å². The molecule has 3 N–H and O–H groups in total. The lowest BCUT2D eigenvalue weighted by Gasteiger charge is -2.13. The van der Waals surface area contributed by atoms with E-state index in [1.54, 1.807) is 12.1 Å². The van der Waals surface area contributed by atoms with Crippen LogP contribution in [0.4, 0.5) is 0 Å². The molecule has 0 spiro atoms. The van der Waals surface area contributed by atoms with Gasteiger partial charge in [0.25, 0.3) is 0 Å². The highest BCUT2D eigenvalue weighted by atomic mass is 16.3. The molecular formula is C16H18O3. The van der Waals surface area contributed by atoms with Crippen molar-refractivity contribution in [1.29, 1.82) is 0 Å². The van der Waals surface area contributed by atoms with E-state index in [1.165, 1.54) is 12.1 Å². The fourth-order valence-corrected chi connectivity index (χ4v) is 2.24. The van der Waals surface area contributed by atoms with Gasteiger partial charge in [-0.1, -0.05) is 13.8 Å². The van der Waals surface area contributed by atoms with Gasteiger partial charge in [0.05, 0.1) is 0 Å². The quantitative estimate of drug-likeness (QED) is 0.737. The summed E-state index contributed by atoms with van der Waals surface area (Å²) in [4.78, 5) is 0. The Labute approximate surface area is 112 Å². The molecule has 0 saturated heterocycles. The Bertz CT molecular complexity index is 603. The summed E-state index contributed by atoms with van der Waals surface area (Å²) in [5.41, 5.74) is 3.21. The zero-order chi connectivity index (χ0) is 14.0. The van der Waals surface area contributed by atoms with Crippen molar-refractivity contribution in [3.8, 4) is 28.4 Å². The Morgan fingerprint density at radius 1 is 0.737 bits per heavy atom. The van der Waals surface area contributed by atoms with Crippen LogP contribution in [0.3, 0.4) is 0 Å². The Morgan fingerprint density at radius 2 is 1.42 bits per heavy atom. The molecule has 0 amide bonds. The number of aryl methyl sites for hydroxylation is 2. The molecule has 0 unspecified atom stereocenters. The monoisotopic (exact) mass is 258 g/mol. The Balaban J connectivity index is 2.69. The standard InChI is InChI=1S/C16H18O3/c1-3-10-8-16(19)11(4-2)7-13(10)14-9-12(17)5-6-15(14)18/h5-9,17-19H,3-4H2,1-2H3. The highest BCUT2D eigenvalue weighted by Crippen LogP contribution is 2.37. The average Bonchev–Trinajstić information content (AvgIpc) is 2.41. The van der Waals surface area contributed by atoms with E-state index in [0.717, 1.165) is 23.1 Å². The van der Waals surface area contributed by atoms with E-state index in [-0.39, 0.29) is 17.2 Å². The summed E-state index contributed by atoms with van der Waals surface area (Å²) in [6.45, 7) is 3.95. The third-order valence-corrected chi connectivity index (χ3v) is 3.34. The summed E-state index contributed by atoms with van der Waals surface area (Å²) in [6.07, 6.45) is 1.45. The first kappa shape index (κ1) is 13.3. The lowest BCUT2D eigenvalue weighted by Crippen LogP contribution is -1.92. The summed E-state index contributed by atoms with van der Waals surface area (Å²) in [5, 5.41) is 29.5. The van der Waals surface area contributed by atoms with E-state index < -0.39 is 0 Å². The van der Waals surface area contributed by atoms with Gasteiger partial charge in [0, 0.05) is 5.56 Å². The van der Waals surface area contributed by atoms with E-state index in [1.807, 2.05) is 19.9 Å². The van der Waals surface area contributed by atoms with Crippen molar-refractivity contribution in [2.45, 2.75) is 26.7 Å². The third-order valence-electron chi connectivity index (χ3n) is 3.34. The third kappa shape index (κ3) is 2.50. The summed E-state index contributed by atoms with van der Waals surface area (Å²) in [5.74, 6) is 0.518. The fourth-order valence-electron chi connectivity index (χ4n) is 2.24. The zero-order valence-electron chi connectivity index (χ0n) is 11.1. The van der Waals surface area contributed by atoms with Gasteiger partial charge in [-0.2, -0.15) is 0 Å². The van der Waals surface area contributed by atoms with Gasteiger partial charge >= 0.3 is 0 Å². The number of rotatable bonds is 3. The van der Waals surface area contributed by atoms with Gasteiger partial charge < -0.3 is 15.3 Å². The van der Waals surface area contributed by atoms with E-state index in [4.69, 9.17) is 0 Å². The number of hydrogen-bond acceptors (Lipinski definition) is 3. The molecule has 2 rings (SSSR count). The van der Waals surface area contributed by atoms with Crippen LogP contribution in [0.25, 0.3) is 11.1 Å². The first-order chi connectivity index (χ1) is 9.06. The molecule has 2 aromatic carbocycles. The molecule has 3 nitrogen and oxygen atoms in total. The van der Waals surface area contributed by atoms with Crippen molar-refractivity contribution in [2.24, 2.45) is 0 Å². The highest BCUT2D eigenvalue weighted by molar-refractivity contribution is 5.76.